The summed E-state index contributed by atoms with van der Waals surface area (Å²) in [5, 5.41) is 7.60. The Morgan fingerprint density at radius 2 is 1.62 bits per heavy atom. The van der Waals surface area contributed by atoms with E-state index in [1.54, 1.807) is 4.68 Å². The van der Waals surface area contributed by atoms with Crippen LogP contribution in [0, 0.1) is 0 Å². The number of aromatic nitrogens is 3. The smallest absolute Gasteiger partial charge is 0.336 e. The number of fused-ring (bicyclic) bond motifs is 1. The quantitative estimate of drug-likeness (QED) is 0.171. The number of benzene rings is 2. The maximum absolute atomic E-state index is 12.5. The van der Waals surface area contributed by atoms with Gasteiger partial charge < -0.3 is 24.3 Å². The van der Waals surface area contributed by atoms with Gasteiger partial charge in [-0.3, -0.25) is 4.79 Å². The zero-order valence-corrected chi connectivity index (χ0v) is 23.8. The number of hydrogen-bond acceptors (Lipinski definition) is 7. The fourth-order valence-electron chi connectivity index (χ4n) is 4.60. The molecule has 0 atom stereocenters. The Hall–Kier alpha value is -3.59. The summed E-state index contributed by atoms with van der Waals surface area (Å²) in [6.07, 6.45) is 11.6. The first kappa shape index (κ1) is 29.4. The summed E-state index contributed by atoms with van der Waals surface area (Å²) < 4.78 is 23.8. The Morgan fingerprint density at radius 3 is 2.38 bits per heavy atom. The van der Waals surface area contributed by atoms with Gasteiger partial charge in [-0.05, 0) is 55.8 Å². The molecule has 3 aromatic rings. The summed E-state index contributed by atoms with van der Waals surface area (Å²) in [5.41, 5.74) is 2.36. The van der Waals surface area contributed by atoms with E-state index < -0.39 is 0 Å². The third-order valence-electron chi connectivity index (χ3n) is 6.78. The molecule has 0 spiro atoms. The Bertz CT molecular complexity index is 1190. The molecule has 2 aromatic carbocycles. The van der Waals surface area contributed by atoms with E-state index in [2.05, 4.69) is 22.3 Å². The van der Waals surface area contributed by atoms with Crippen molar-refractivity contribution in [1.82, 2.24) is 14.8 Å². The van der Waals surface area contributed by atoms with Gasteiger partial charge in [-0.1, -0.05) is 58.3 Å². The van der Waals surface area contributed by atoms with Gasteiger partial charge in [0, 0.05) is 24.3 Å². The van der Waals surface area contributed by atoms with Crippen LogP contribution in [0.3, 0.4) is 0 Å². The minimum atomic E-state index is 0.0440. The van der Waals surface area contributed by atoms with Crippen LogP contribution in [-0.4, -0.2) is 47.3 Å². The normalized spacial score (nSPS) is 12.1. The summed E-state index contributed by atoms with van der Waals surface area (Å²) in [7, 11) is 0. The molecule has 216 valence electrons. The average Bonchev–Trinajstić information content (AvgIpc) is 3.62. The number of carbonyl (C=O) groups is 1. The Balaban J connectivity index is 1.34. The van der Waals surface area contributed by atoms with Crippen molar-refractivity contribution in [2.75, 3.05) is 31.9 Å². The second-order valence-corrected chi connectivity index (χ2v) is 9.92. The minimum absolute atomic E-state index is 0.0440. The predicted molar refractivity (Wildman–Crippen MR) is 155 cm³/mol. The third kappa shape index (κ3) is 8.71. The van der Waals surface area contributed by atoms with Crippen LogP contribution in [0.15, 0.2) is 42.5 Å². The van der Waals surface area contributed by atoms with Crippen molar-refractivity contribution in [3.05, 3.63) is 42.5 Å². The fraction of sp³-hybridized carbons (Fsp3) is 0.516. The average molecular weight is 551 g/mol. The predicted octanol–water partition coefficient (Wildman–Crippen LogP) is 6.94. The Morgan fingerprint density at radius 1 is 0.900 bits per heavy atom. The van der Waals surface area contributed by atoms with E-state index in [0.717, 1.165) is 29.8 Å². The van der Waals surface area contributed by atoms with E-state index in [9.17, 15) is 4.79 Å². The van der Waals surface area contributed by atoms with Crippen LogP contribution in [0.5, 0.6) is 17.5 Å². The summed E-state index contributed by atoms with van der Waals surface area (Å²) >= 11 is 0. The summed E-state index contributed by atoms with van der Waals surface area (Å²) in [6, 6.07) is 13.5. The number of anilines is 1. The summed E-state index contributed by atoms with van der Waals surface area (Å²) in [6.45, 7) is 5.81. The van der Waals surface area contributed by atoms with Crippen LogP contribution >= 0.6 is 0 Å². The van der Waals surface area contributed by atoms with Crippen molar-refractivity contribution < 1.29 is 23.7 Å². The van der Waals surface area contributed by atoms with E-state index in [4.69, 9.17) is 18.9 Å². The van der Waals surface area contributed by atoms with Gasteiger partial charge in [-0.15, -0.1) is 5.10 Å². The van der Waals surface area contributed by atoms with Crippen LogP contribution in [0.25, 0.3) is 17.1 Å². The molecule has 1 amide bonds. The first-order valence-corrected chi connectivity index (χ1v) is 14.7. The van der Waals surface area contributed by atoms with Crippen LogP contribution in [0.4, 0.5) is 5.69 Å². The maximum Gasteiger partial charge on any atom is 0.336 e. The van der Waals surface area contributed by atoms with Crippen molar-refractivity contribution in [3.8, 4) is 34.6 Å². The highest BCUT2D eigenvalue weighted by atomic mass is 16.7. The lowest BCUT2D eigenvalue weighted by Crippen LogP contribution is -2.11. The number of nitrogens with zero attached hydrogens (tertiary/aromatic N) is 3. The van der Waals surface area contributed by atoms with Crippen LogP contribution in [0.2, 0.25) is 0 Å². The second kappa shape index (κ2) is 15.9. The molecular formula is C31H42N4O5. The van der Waals surface area contributed by atoms with Gasteiger partial charge in [0.1, 0.15) is 6.61 Å². The molecule has 0 radical (unpaired) electrons. The molecule has 0 bridgehead atoms. The molecule has 0 saturated heterocycles. The highest BCUT2D eigenvalue weighted by Crippen LogP contribution is 2.36. The number of rotatable bonds is 18. The van der Waals surface area contributed by atoms with Gasteiger partial charge in [-0.2, -0.15) is 4.98 Å². The monoisotopic (exact) mass is 550 g/mol. The molecule has 4 rings (SSSR count). The molecule has 0 saturated carbocycles. The van der Waals surface area contributed by atoms with Crippen LogP contribution < -0.4 is 19.5 Å². The molecule has 9 nitrogen and oxygen atoms in total. The highest BCUT2D eigenvalue weighted by molar-refractivity contribution is 5.90. The Labute approximate surface area is 237 Å². The summed E-state index contributed by atoms with van der Waals surface area (Å²) in [4.78, 5) is 17.1. The molecular weight excluding hydrogens is 508 g/mol. The van der Waals surface area contributed by atoms with E-state index in [1.165, 1.54) is 44.9 Å². The molecule has 0 unspecified atom stereocenters. The number of amides is 1. The van der Waals surface area contributed by atoms with Crippen molar-refractivity contribution in [2.45, 2.75) is 78.1 Å². The molecule has 9 heteroatoms. The first-order chi connectivity index (χ1) is 19.7. The Kier molecular flexibility index (Phi) is 11.7. The van der Waals surface area contributed by atoms with E-state index >= 15 is 0 Å². The molecule has 1 N–H and O–H groups in total. The maximum atomic E-state index is 12.5. The molecule has 40 heavy (non-hydrogen) atoms. The zero-order valence-electron chi connectivity index (χ0n) is 23.8. The minimum Gasteiger partial charge on any atom is -0.460 e. The molecule has 0 aliphatic carbocycles. The van der Waals surface area contributed by atoms with Gasteiger partial charge in [0.15, 0.2) is 17.3 Å². The summed E-state index contributed by atoms with van der Waals surface area (Å²) in [5.74, 6) is 2.01. The SMILES string of the molecule is CCCCCCCCCCCC(=O)Nc1ccc(-n2nc(OCCOCC)nc2-c2ccc3c(c2)OCO3)cc1. The number of carbonyl (C=O) groups excluding carboxylic acids is 1. The topological polar surface area (TPSA) is 96.7 Å². The van der Waals surface area contributed by atoms with Crippen molar-refractivity contribution in [3.63, 3.8) is 0 Å². The lowest BCUT2D eigenvalue weighted by Gasteiger charge is -2.09. The largest absolute Gasteiger partial charge is 0.460 e. The first-order valence-electron chi connectivity index (χ1n) is 14.7. The lowest BCUT2D eigenvalue weighted by molar-refractivity contribution is -0.116. The lowest BCUT2D eigenvalue weighted by atomic mass is 10.1. The van der Waals surface area contributed by atoms with Gasteiger partial charge in [-0.25, -0.2) is 4.68 Å². The van der Waals surface area contributed by atoms with Crippen LogP contribution in [0.1, 0.15) is 78.1 Å². The number of nitrogens with one attached hydrogen (secondary N) is 1. The van der Waals surface area contributed by atoms with Crippen molar-refractivity contribution >= 4 is 11.6 Å². The number of unbranched alkanes of at least 4 members (excludes halogenated alkanes) is 8. The van der Waals surface area contributed by atoms with Crippen LogP contribution in [-0.2, 0) is 9.53 Å². The van der Waals surface area contributed by atoms with Gasteiger partial charge in [0.2, 0.25) is 12.7 Å². The molecule has 1 aliphatic rings. The number of hydrogen-bond donors (Lipinski definition) is 1. The van der Waals surface area contributed by atoms with E-state index in [0.29, 0.717) is 43.6 Å². The number of ether oxygens (including phenoxy) is 4. The van der Waals surface area contributed by atoms with Gasteiger partial charge in [0.05, 0.1) is 12.3 Å². The third-order valence-corrected chi connectivity index (χ3v) is 6.78. The zero-order chi connectivity index (χ0) is 28.0. The van der Waals surface area contributed by atoms with Crippen molar-refractivity contribution in [1.29, 1.82) is 0 Å². The van der Waals surface area contributed by atoms with Gasteiger partial charge >= 0.3 is 6.01 Å². The molecule has 1 aliphatic heterocycles. The standard InChI is InChI=1S/C31H42N4O5/c1-3-5-6-7-8-9-10-11-12-13-29(36)32-25-15-17-26(18-16-25)35-30(33-31(34-35)38-21-20-37-4-2)24-14-19-27-28(22-24)40-23-39-27/h14-19,22H,3-13,20-21,23H2,1-2H3,(H,32,36). The second-order valence-electron chi connectivity index (χ2n) is 9.92. The van der Waals surface area contributed by atoms with Crippen molar-refractivity contribution in [2.24, 2.45) is 0 Å². The molecule has 1 aromatic heterocycles. The van der Waals surface area contributed by atoms with Gasteiger partial charge in [0.25, 0.3) is 0 Å². The van der Waals surface area contributed by atoms with E-state index in [-0.39, 0.29) is 18.7 Å². The molecule has 0 fully saturated rings. The molecule has 2 heterocycles. The fourth-order valence-corrected chi connectivity index (χ4v) is 4.60. The van der Waals surface area contributed by atoms with E-state index in [1.807, 2.05) is 49.4 Å². The highest BCUT2D eigenvalue weighted by Gasteiger charge is 2.19.